The molecule has 0 bridgehead atoms. The molecule has 132 valence electrons. The molecule has 0 nitrogen and oxygen atoms in total. The second-order valence-corrected chi connectivity index (χ2v) is 10.6. The van der Waals surface area contributed by atoms with Crippen LogP contribution in [0.5, 0.6) is 0 Å². The van der Waals surface area contributed by atoms with Crippen LogP contribution >= 0.6 is 17.0 Å². The Labute approximate surface area is 174 Å². The van der Waals surface area contributed by atoms with Gasteiger partial charge in [-0.05, 0) is 28.7 Å². The van der Waals surface area contributed by atoms with Crippen molar-refractivity contribution in [3.05, 3.63) is 78.4 Å². The SMILES string of the molecule is CC(C)Cc1cc2c(-c3cccc4ccccc34)cccc2[cH-]1.[Cl][Zr][Cl]. The van der Waals surface area contributed by atoms with Gasteiger partial charge in [-0.3, -0.25) is 0 Å². The van der Waals surface area contributed by atoms with Crippen LogP contribution in [0.3, 0.4) is 0 Å². The summed E-state index contributed by atoms with van der Waals surface area (Å²) in [6.07, 6.45) is 1.14. The summed E-state index contributed by atoms with van der Waals surface area (Å²) in [5.74, 6) is 0.688. The molecule has 0 aliphatic carbocycles. The Balaban J connectivity index is 0.000000613. The van der Waals surface area contributed by atoms with E-state index in [2.05, 4.69) is 86.6 Å². The predicted octanol–water partition coefficient (Wildman–Crippen LogP) is 7.95. The van der Waals surface area contributed by atoms with Crippen LogP contribution < -0.4 is 0 Å². The summed E-state index contributed by atoms with van der Waals surface area (Å²) in [6, 6.07) is 26.6. The summed E-state index contributed by atoms with van der Waals surface area (Å²) >= 11 is -0.826. The molecule has 0 saturated heterocycles. The van der Waals surface area contributed by atoms with Gasteiger partial charge in [0.25, 0.3) is 0 Å². The van der Waals surface area contributed by atoms with Gasteiger partial charge in [-0.25, -0.2) is 0 Å². The van der Waals surface area contributed by atoms with Crippen molar-refractivity contribution in [2.45, 2.75) is 20.3 Å². The average Bonchev–Trinajstić information content (AvgIpc) is 3.03. The topological polar surface area (TPSA) is 0 Å². The van der Waals surface area contributed by atoms with Gasteiger partial charge in [0.05, 0.1) is 0 Å². The molecule has 3 heteroatoms. The maximum absolute atomic E-state index is 4.93. The number of halogens is 2. The second-order valence-electron chi connectivity index (χ2n) is 6.87. The van der Waals surface area contributed by atoms with Crippen LogP contribution in [0.25, 0.3) is 32.7 Å². The third-order valence-corrected chi connectivity index (χ3v) is 4.53. The molecule has 0 radical (unpaired) electrons. The Hall–Kier alpha value is -1.01. The molecule has 4 rings (SSSR count). The van der Waals surface area contributed by atoms with Crippen molar-refractivity contribution < 1.29 is 20.8 Å². The van der Waals surface area contributed by atoms with Crippen molar-refractivity contribution >= 4 is 38.6 Å². The van der Waals surface area contributed by atoms with Crippen molar-refractivity contribution in [2.75, 3.05) is 0 Å². The fourth-order valence-electron chi connectivity index (χ4n) is 3.58. The minimum atomic E-state index is -0.826. The van der Waals surface area contributed by atoms with E-state index in [0.717, 1.165) is 6.42 Å². The molecule has 0 aliphatic rings. The van der Waals surface area contributed by atoms with E-state index in [1.165, 1.54) is 38.2 Å². The zero-order valence-corrected chi connectivity index (χ0v) is 18.9. The van der Waals surface area contributed by atoms with Gasteiger partial charge in [0, 0.05) is 0 Å². The molecule has 4 aromatic rings. The molecule has 0 heterocycles. The molecule has 0 N–H and O–H groups in total. The number of benzene rings is 3. The van der Waals surface area contributed by atoms with E-state index < -0.39 is 20.8 Å². The van der Waals surface area contributed by atoms with Gasteiger partial charge in [-0.2, -0.15) is 6.07 Å². The Morgan fingerprint density at radius 2 is 1.46 bits per heavy atom. The normalized spacial score (nSPS) is 10.8. The van der Waals surface area contributed by atoms with Crippen molar-refractivity contribution in [3.8, 4) is 11.1 Å². The fraction of sp³-hybridized carbons (Fsp3) is 0.174. The molecule has 0 aromatic heterocycles. The third kappa shape index (κ3) is 4.45. The first kappa shape index (κ1) is 19.7. The zero-order chi connectivity index (χ0) is 18.5. The number of hydrogen-bond donors (Lipinski definition) is 0. The molecular formula is C23H21Cl2Zr-. The molecule has 0 unspecified atom stereocenters. The van der Waals surface area contributed by atoms with Crippen LogP contribution in [0.15, 0.2) is 72.8 Å². The number of rotatable bonds is 3. The van der Waals surface area contributed by atoms with E-state index in [9.17, 15) is 0 Å². The van der Waals surface area contributed by atoms with Gasteiger partial charge in [-0.1, -0.05) is 67.9 Å². The van der Waals surface area contributed by atoms with E-state index in [4.69, 9.17) is 17.0 Å². The summed E-state index contributed by atoms with van der Waals surface area (Å²) in [4.78, 5) is 0. The second kappa shape index (κ2) is 9.27. The summed E-state index contributed by atoms with van der Waals surface area (Å²) in [5.41, 5.74) is 4.12. The van der Waals surface area contributed by atoms with E-state index in [0.29, 0.717) is 5.92 Å². The van der Waals surface area contributed by atoms with Crippen LogP contribution in [0, 0.1) is 5.92 Å². The van der Waals surface area contributed by atoms with Gasteiger partial charge in [0.15, 0.2) is 0 Å². The van der Waals surface area contributed by atoms with Crippen molar-refractivity contribution in [1.29, 1.82) is 0 Å². The van der Waals surface area contributed by atoms with Crippen LogP contribution in [-0.4, -0.2) is 0 Å². The van der Waals surface area contributed by atoms with Gasteiger partial charge in [0.1, 0.15) is 0 Å². The van der Waals surface area contributed by atoms with Crippen LogP contribution in [-0.2, 0) is 27.3 Å². The van der Waals surface area contributed by atoms with E-state index in [1.54, 1.807) is 0 Å². The molecular weight excluding hydrogens is 438 g/mol. The Morgan fingerprint density at radius 3 is 2.19 bits per heavy atom. The molecule has 0 atom stereocenters. The summed E-state index contributed by atoms with van der Waals surface area (Å²) in [5, 5.41) is 5.36. The zero-order valence-electron chi connectivity index (χ0n) is 15.0. The van der Waals surface area contributed by atoms with Gasteiger partial charge in [0.2, 0.25) is 0 Å². The molecule has 0 saturated carbocycles. The van der Waals surface area contributed by atoms with Crippen molar-refractivity contribution in [1.82, 2.24) is 0 Å². The van der Waals surface area contributed by atoms with Crippen molar-refractivity contribution in [2.24, 2.45) is 5.92 Å². The number of fused-ring (bicyclic) bond motifs is 2. The molecule has 0 fully saturated rings. The Kier molecular flexibility index (Phi) is 7.04. The molecule has 0 amide bonds. The molecule has 4 aromatic carbocycles. The first-order valence-corrected chi connectivity index (χ1v) is 15.1. The first-order valence-electron chi connectivity index (χ1n) is 8.76. The predicted molar refractivity (Wildman–Crippen MR) is 113 cm³/mol. The maximum atomic E-state index is 4.93. The van der Waals surface area contributed by atoms with Crippen LogP contribution in [0.4, 0.5) is 0 Å². The van der Waals surface area contributed by atoms with Crippen molar-refractivity contribution in [3.63, 3.8) is 0 Å². The standard InChI is InChI=1S/C23H21.2ClH.Zr/c1-16(2)13-17-14-19-9-6-12-22(23(19)15-17)21-11-5-8-18-7-3-4-10-20(18)21;;;/h3-12,14-16H,13H2,1-2H3;2*1H;/q-1;;;+2/p-2. The Morgan fingerprint density at radius 1 is 0.846 bits per heavy atom. The van der Waals surface area contributed by atoms with Crippen LogP contribution in [0.1, 0.15) is 19.4 Å². The van der Waals surface area contributed by atoms with E-state index in [-0.39, 0.29) is 0 Å². The third-order valence-electron chi connectivity index (χ3n) is 4.53. The summed E-state index contributed by atoms with van der Waals surface area (Å²) < 4.78 is 0. The monoisotopic (exact) mass is 457 g/mol. The van der Waals surface area contributed by atoms with E-state index >= 15 is 0 Å². The van der Waals surface area contributed by atoms with Gasteiger partial charge >= 0.3 is 37.9 Å². The fourth-order valence-corrected chi connectivity index (χ4v) is 3.58. The van der Waals surface area contributed by atoms with Crippen LogP contribution in [0.2, 0.25) is 0 Å². The van der Waals surface area contributed by atoms with E-state index in [1.807, 2.05) is 0 Å². The Bertz CT molecular complexity index is 996. The van der Waals surface area contributed by atoms with Gasteiger partial charge in [-0.15, -0.1) is 34.5 Å². The minimum absolute atomic E-state index is 0.688. The average molecular weight is 460 g/mol. The first-order chi connectivity index (χ1) is 12.6. The molecule has 26 heavy (non-hydrogen) atoms. The summed E-state index contributed by atoms with van der Waals surface area (Å²) in [7, 11) is 9.87. The molecule has 0 aliphatic heterocycles. The number of hydrogen-bond acceptors (Lipinski definition) is 0. The quantitative estimate of drug-likeness (QED) is 0.273. The summed E-state index contributed by atoms with van der Waals surface area (Å²) in [6.45, 7) is 4.56. The van der Waals surface area contributed by atoms with Gasteiger partial charge < -0.3 is 0 Å². The molecule has 0 spiro atoms.